The van der Waals surface area contributed by atoms with E-state index in [-0.39, 0.29) is 12.7 Å². The van der Waals surface area contributed by atoms with Gasteiger partial charge in [0.2, 0.25) is 0 Å². The SMILES string of the molecule is CC(C)N(CCC1(C)CNc2cccc(F)c21)C(C)C.[HH]. The fourth-order valence-electron chi connectivity index (χ4n) is 3.37. The second-order valence-electron chi connectivity index (χ2n) is 6.75. The normalized spacial score (nSPS) is 21.6. The van der Waals surface area contributed by atoms with Gasteiger partial charge in [0.1, 0.15) is 5.82 Å². The molecule has 1 unspecified atom stereocenters. The lowest BCUT2D eigenvalue weighted by Crippen LogP contribution is -2.41. The van der Waals surface area contributed by atoms with Gasteiger partial charge in [0.05, 0.1) is 0 Å². The van der Waals surface area contributed by atoms with Gasteiger partial charge < -0.3 is 5.32 Å². The van der Waals surface area contributed by atoms with E-state index < -0.39 is 0 Å². The van der Waals surface area contributed by atoms with Gasteiger partial charge in [0.25, 0.3) is 0 Å². The first-order valence-electron chi connectivity index (χ1n) is 7.64. The van der Waals surface area contributed by atoms with Crippen LogP contribution in [-0.2, 0) is 5.41 Å². The highest BCUT2D eigenvalue weighted by atomic mass is 19.1. The van der Waals surface area contributed by atoms with Gasteiger partial charge in [0, 0.05) is 36.7 Å². The van der Waals surface area contributed by atoms with Crippen LogP contribution in [0.3, 0.4) is 0 Å². The highest BCUT2D eigenvalue weighted by Crippen LogP contribution is 2.40. The molecule has 1 atom stereocenters. The molecule has 0 aliphatic carbocycles. The summed E-state index contributed by atoms with van der Waals surface area (Å²) in [7, 11) is 0. The summed E-state index contributed by atoms with van der Waals surface area (Å²) in [6, 6.07) is 6.38. The molecular formula is C17H29FN2. The van der Waals surface area contributed by atoms with Crippen molar-refractivity contribution in [2.75, 3.05) is 18.4 Å². The Morgan fingerprint density at radius 1 is 1.30 bits per heavy atom. The average Bonchev–Trinajstić information content (AvgIpc) is 2.68. The van der Waals surface area contributed by atoms with E-state index in [1.54, 1.807) is 12.1 Å². The summed E-state index contributed by atoms with van der Waals surface area (Å²) >= 11 is 0. The van der Waals surface area contributed by atoms with Gasteiger partial charge in [-0.05, 0) is 52.8 Å². The van der Waals surface area contributed by atoms with Crippen molar-refractivity contribution in [2.24, 2.45) is 0 Å². The van der Waals surface area contributed by atoms with Gasteiger partial charge in [-0.3, -0.25) is 4.90 Å². The first-order valence-corrected chi connectivity index (χ1v) is 7.64. The Labute approximate surface area is 123 Å². The fraction of sp³-hybridized carbons (Fsp3) is 0.647. The Morgan fingerprint density at radius 2 is 1.95 bits per heavy atom. The predicted molar refractivity (Wildman–Crippen MR) is 86.0 cm³/mol. The smallest absolute Gasteiger partial charge is 0.129 e. The molecule has 0 aromatic heterocycles. The van der Waals surface area contributed by atoms with Crippen molar-refractivity contribution >= 4 is 5.69 Å². The molecule has 3 heteroatoms. The molecule has 1 heterocycles. The van der Waals surface area contributed by atoms with Crippen molar-refractivity contribution < 1.29 is 5.82 Å². The zero-order valence-corrected chi connectivity index (χ0v) is 13.3. The minimum atomic E-state index is -0.108. The van der Waals surface area contributed by atoms with E-state index in [1.807, 2.05) is 6.07 Å². The number of anilines is 1. The van der Waals surface area contributed by atoms with Crippen LogP contribution in [0.5, 0.6) is 0 Å². The van der Waals surface area contributed by atoms with Crippen LogP contribution in [0.1, 0.15) is 48.0 Å². The molecule has 114 valence electrons. The summed E-state index contributed by atoms with van der Waals surface area (Å²) in [5, 5.41) is 3.36. The topological polar surface area (TPSA) is 15.3 Å². The molecule has 1 N–H and O–H groups in total. The predicted octanol–water partition coefficient (Wildman–Crippen LogP) is 4.26. The van der Waals surface area contributed by atoms with Crippen LogP contribution in [0, 0.1) is 5.82 Å². The summed E-state index contributed by atoms with van der Waals surface area (Å²) < 4.78 is 14.2. The van der Waals surface area contributed by atoms with Crippen molar-refractivity contribution in [3.63, 3.8) is 0 Å². The van der Waals surface area contributed by atoms with Crippen LogP contribution in [0.4, 0.5) is 10.1 Å². The van der Waals surface area contributed by atoms with Gasteiger partial charge in [-0.25, -0.2) is 4.39 Å². The van der Waals surface area contributed by atoms with Crippen LogP contribution in [0.2, 0.25) is 0 Å². The lowest BCUT2D eigenvalue weighted by atomic mass is 9.80. The van der Waals surface area contributed by atoms with Crippen LogP contribution < -0.4 is 5.32 Å². The van der Waals surface area contributed by atoms with Gasteiger partial charge in [-0.2, -0.15) is 0 Å². The van der Waals surface area contributed by atoms with Crippen molar-refractivity contribution in [1.29, 1.82) is 0 Å². The Bertz CT molecular complexity index is 468. The largest absolute Gasteiger partial charge is 0.384 e. The maximum atomic E-state index is 14.2. The van der Waals surface area contributed by atoms with Crippen molar-refractivity contribution in [3.8, 4) is 0 Å². The standard InChI is InChI=1S/C17H27FN2.H2/c1-12(2)20(13(3)4)10-9-17(5)11-19-15-8-6-7-14(18)16(15)17;/h6-8,12-13,19H,9-11H2,1-5H3;1H. The molecule has 0 saturated carbocycles. The number of hydrogen-bond donors (Lipinski definition) is 1. The van der Waals surface area contributed by atoms with Gasteiger partial charge in [-0.1, -0.05) is 13.0 Å². The summed E-state index contributed by atoms with van der Waals surface area (Å²) in [5.41, 5.74) is 1.73. The van der Waals surface area contributed by atoms with E-state index in [0.717, 1.165) is 30.8 Å². The highest BCUT2D eigenvalue weighted by molar-refractivity contribution is 5.60. The molecule has 1 aromatic carbocycles. The van der Waals surface area contributed by atoms with Crippen LogP contribution in [0.25, 0.3) is 0 Å². The molecule has 0 amide bonds. The lowest BCUT2D eigenvalue weighted by Gasteiger charge is -2.34. The third-order valence-corrected chi connectivity index (χ3v) is 4.53. The summed E-state index contributed by atoms with van der Waals surface area (Å²) in [6.07, 6.45) is 0.976. The van der Waals surface area contributed by atoms with E-state index >= 15 is 0 Å². The van der Waals surface area contributed by atoms with E-state index in [0.29, 0.717) is 12.1 Å². The van der Waals surface area contributed by atoms with Crippen molar-refractivity contribution in [1.82, 2.24) is 4.90 Å². The third kappa shape index (κ3) is 2.83. The second-order valence-corrected chi connectivity index (χ2v) is 6.75. The van der Waals surface area contributed by atoms with Gasteiger partial charge in [0.15, 0.2) is 0 Å². The zero-order valence-electron chi connectivity index (χ0n) is 13.3. The molecule has 0 radical (unpaired) electrons. The minimum Gasteiger partial charge on any atom is -0.384 e. The van der Waals surface area contributed by atoms with Gasteiger partial charge >= 0.3 is 0 Å². The fourth-order valence-corrected chi connectivity index (χ4v) is 3.37. The monoisotopic (exact) mass is 280 g/mol. The van der Waals surface area contributed by atoms with E-state index in [1.165, 1.54) is 0 Å². The first-order chi connectivity index (χ1) is 9.35. The van der Waals surface area contributed by atoms with E-state index in [4.69, 9.17) is 0 Å². The summed E-state index contributed by atoms with van der Waals surface area (Å²) in [6.45, 7) is 12.9. The molecular weight excluding hydrogens is 251 g/mol. The van der Waals surface area contributed by atoms with Crippen LogP contribution in [0.15, 0.2) is 18.2 Å². The number of benzene rings is 1. The maximum Gasteiger partial charge on any atom is 0.129 e. The van der Waals surface area contributed by atoms with E-state index in [9.17, 15) is 4.39 Å². The molecule has 0 bridgehead atoms. The van der Waals surface area contributed by atoms with Crippen molar-refractivity contribution in [3.05, 3.63) is 29.6 Å². The number of halogens is 1. The Morgan fingerprint density at radius 3 is 2.55 bits per heavy atom. The second kappa shape index (κ2) is 5.72. The number of nitrogens with zero attached hydrogens (tertiary/aromatic N) is 1. The molecule has 2 rings (SSSR count). The van der Waals surface area contributed by atoms with Crippen molar-refractivity contribution in [2.45, 2.75) is 58.5 Å². The lowest BCUT2D eigenvalue weighted by molar-refractivity contribution is 0.160. The summed E-state index contributed by atoms with van der Waals surface area (Å²) in [4.78, 5) is 2.48. The van der Waals surface area contributed by atoms with Gasteiger partial charge in [-0.15, -0.1) is 0 Å². The number of hydrogen-bond acceptors (Lipinski definition) is 2. The first kappa shape index (κ1) is 15.3. The van der Waals surface area contributed by atoms with Crippen LogP contribution in [-0.4, -0.2) is 30.1 Å². The molecule has 1 aromatic rings. The molecule has 20 heavy (non-hydrogen) atoms. The Hall–Kier alpha value is -1.09. The Balaban J connectivity index is 0.00000220. The highest BCUT2D eigenvalue weighted by Gasteiger charge is 2.37. The molecule has 0 spiro atoms. The Kier molecular flexibility index (Phi) is 4.38. The summed E-state index contributed by atoms with van der Waals surface area (Å²) in [5.74, 6) is -0.0735. The molecule has 1 aliphatic heterocycles. The number of nitrogens with one attached hydrogen (secondary N) is 1. The minimum absolute atomic E-state index is 0. The molecule has 1 aliphatic rings. The zero-order chi connectivity index (χ0) is 14.9. The molecule has 0 saturated heterocycles. The molecule has 0 fully saturated rings. The van der Waals surface area contributed by atoms with Crippen LogP contribution >= 0.6 is 0 Å². The maximum absolute atomic E-state index is 14.2. The average molecular weight is 280 g/mol. The van der Waals surface area contributed by atoms with E-state index in [2.05, 4.69) is 44.8 Å². The third-order valence-electron chi connectivity index (χ3n) is 4.53. The number of rotatable bonds is 5. The quantitative estimate of drug-likeness (QED) is 0.866. The molecule has 2 nitrogen and oxygen atoms in total. The number of fused-ring (bicyclic) bond motifs is 1.